The maximum Gasteiger partial charge on any atom is 0.271 e. The number of primary amides is 1. The Bertz CT molecular complexity index is 1370. The number of nitrogens with zero attached hydrogens (tertiary/aromatic N) is 5. The van der Waals surface area contributed by atoms with Crippen LogP contribution in [0.2, 0.25) is 0 Å². The molecule has 0 radical (unpaired) electrons. The van der Waals surface area contributed by atoms with Crippen molar-refractivity contribution in [1.82, 2.24) is 20.0 Å². The SMILES string of the molecule is COc1c(Nc2cc(NC(=O)C3CC3)nnc2C(N)=O)cccc1-c1cn(C2CCOC2)nc1C#N. The Balaban J connectivity index is 1.51. The van der Waals surface area contributed by atoms with Crippen molar-refractivity contribution in [3.63, 3.8) is 0 Å². The zero-order chi connectivity index (χ0) is 25.2. The number of para-hydroxylation sites is 1. The van der Waals surface area contributed by atoms with Gasteiger partial charge in [-0.25, -0.2) is 0 Å². The molecule has 36 heavy (non-hydrogen) atoms. The lowest BCUT2D eigenvalue weighted by atomic mass is 10.0. The van der Waals surface area contributed by atoms with Crippen molar-refractivity contribution in [3.05, 3.63) is 41.9 Å². The van der Waals surface area contributed by atoms with E-state index in [1.165, 1.54) is 13.2 Å². The molecule has 1 unspecified atom stereocenters. The van der Waals surface area contributed by atoms with E-state index in [9.17, 15) is 14.9 Å². The summed E-state index contributed by atoms with van der Waals surface area (Å²) in [5.41, 5.74) is 7.64. The Morgan fingerprint density at radius 2 is 2.06 bits per heavy atom. The third-order valence-electron chi connectivity index (χ3n) is 6.12. The summed E-state index contributed by atoms with van der Waals surface area (Å²) in [5.74, 6) is -0.336. The van der Waals surface area contributed by atoms with E-state index >= 15 is 0 Å². The summed E-state index contributed by atoms with van der Waals surface area (Å²) in [5, 5.41) is 27.8. The van der Waals surface area contributed by atoms with Crippen molar-refractivity contribution in [2.24, 2.45) is 11.7 Å². The fraction of sp³-hybridized carbons (Fsp3) is 0.333. The van der Waals surface area contributed by atoms with Gasteiger partial charge in [0, 0.05) is 35.9 Å². The fourth-order valence-electron chi connectivity index (χ4n) is 4.11. The van der Waals surface area contributed by atoms with Crippen LogP contribution < -0.4 is 21.1 Å². The molecule has 1 saturated carbocycles. The lowest BCUT2D eigenvalue weighted by Gasteiger charge is -2.16. The molecule has 0 spiro atoms. The minimum Gasteiger partial charge on any atom is -0.494 e. The summed E-state index contributed by atoms with van der Waals surface area (Å²) in [6.07, 6.45) is 4.30. The summed E-state index contributed by atoms with van der Waals surface area (Å²) in [6, 6.07) is 9.06. The number of aromatic nitrogens is 4. The van der Waals surface area contributed by atoms with E-state index in [1.54, 1.807) is 16.8 Å². The van der Waals surface area contributed by atoms with Crippen molar-refractivity contribution >= 4 is 29.0 Å². The number of ether oxygens (including phenoxy) is 2. The molecule has 0 bridgehead atoms. The van der Waals surface area contributed by atoms with E-state index < -0.39 is 5.91 Å². The van der Waals surface area contributed by atoms with Crippen LogP contribution in [-0.2, 0) is 9.53 Å². The van der Waals surface area contributed by atoms with Gasteiger partial charge in [0.2, 0.25) is 5.91 Å². The van der Waals surface area contributed by atoms with Crippen molar-refractivity contribution in [2.75, 3.05) is 31.0 Å². The highest BCUT2D eigenvalue weighted by Gasteiger charge is 2.30. The predicted molar refractivity (Wildman–Crippen MR) is 129 cm³/mol. The topological polar surface area (TPSA) is 170 Å². The molecule has 1 aliphatic carbocycles. The van der Waals surface area contributed by atoms with Crippen LogP contribution in [0.4, 0.5) is 17.2 Å². The van der Waals surface area contributed by atoms with Gasteiger partial charge in [0.05, 0.1) is 31.1 Å². The van der Waals surface area contributed by atoms with Crippen LogP contribution in [-0.4, -0.2) is 52.1 Å². The van der Waals surface area contributed by atoms with E-state index in [1.807, 2.05) is 12.3 Å². The van der Waals surface area contributed by atoms with Crippen LogP contribution in [0.1, 0.15) is 41.5 Å². The van der Waals surface area contributed by atoms with Gasteiger partial charge in [-0.15, -0.1) is 10.2 Å². The van der Waals surface area contributed by atoms with Gasteiger partial charge in [0.15, 0.2) is 17.2 Å². The number of carbonyl (C=O) groups excluding carboxylic acids is 2. The average molecular weight is 489 g/mol. The smallest absolute Gasteiger partial charge is 0.271 e. The Morgan fingerprint density at radius 3 is 2.72 bits per heavy atom. The molecule has 1 saturated heterocycles. The molecule has 4 N–H and O–H groups in total. The number of carbonyl (C=O) groups is 2. The first-order valence-corrected chi connectivity index (χ1v) is 11.5. The first-order chi connectivity index (χ1) is 17.5. The van der Waals surface area contributed by atoms with Gasteiger partial charge in [-0.2, -0.15) is 10.4 Å². The van der Waals surface area contributed by atoms with E-state index in [0.29, 0.717) is 35.8 Å². The monoisotopic (exact) mass is 488 g/mol. The second kappa shape index (κ2) is 9.63. The molecular weight excluding hydrogens is 464 g/mol. The largest absolute Gasteiger partial charge is 0.494 e. The molecule has 12 heteroatoms. The summed E-state index contributed by atoms with van der Waals surface area (Å²) < 4.78 is 12.9. The molecule has 12 nitrogen and oxygen atoms in total. The summed E-state index contributed by atoms with van der Waals surface area (Å²) >= 11 is 0. The molecule has 1 aromatic carbocycles. The van der Waals surface area contributed by atoms with Crippen LogP contribution in [0.3, 0.4) is 0 Å². The number of anilines is 3. The molecule has 2 amide bonds. The Kier molecular flexibility index (Phi) is 6.22. The van der Waals surface area contributed by atoms with Gasteiger partial charge in [-0.3, -0.25) is 14.3 Å². The highest BCUT2D eigenvalue weighted by molar-refractivity contribution is 5.99. The van der Waals surface area contributed by atoms with E-state index in [2.05, 4.69) is 32.0 Å². The number of methoxy groups -OCH3 is 1. The molecule has 184 valence electrons. The number of rotatable bonds is 8. The highest BCUT2D eigenvalue weighted by Crippen LogP contribution is 2.40. The number of nitriles is 1. The highest BCUT2D eigenvalue weighted by atomic mass is 16.5. The summed E-state index contributed by atoms with van der Waals surface area (Å²) in [4.78, 5) is 24.2. The van der Waals surface area contributed by atoms with Gasteiger partial charge in [-0.05, 0) is 25.3 Å². The third-order valence-corrected chi connectivity index (χ3v) is 6.12. The van der Waals surface area contributed by atoms with Gasteiger partial charge in [0.25, 0.3) is 5.91 Å². The zero-order valence-electron chi connectivity index (χ0n) is 19.5. The molecule has 1 atom stereocenters. The fourth-order valence-corrected chi connectivity index (χ4v) is 4.11. The molecular formula is C24H24N8O4. The average Bonchev–Trinajstić information content (AvgIpc) is 3.41. The quantitative estimate of drug-likeness (QED) is 0.430. The molecule has 2 fully saturated rings. The van der Waals surface area contributed by atoms with E-state index in [0.717, 1.165) is 19.3 Å². The predicted octanol–water partition coefficient (Wildman–Crippen LogP) is 2.37. The first kappa shape index (κ1) is 23.3. The van der Waals surface area contributed by atoms with E-state index in [4.69, 9.17) is 15.2 Å². The number of amides is 2. The normalized spacial score (nSPS) is 16.8. The van der Waals surface area contributed by atoms with Gasteiger partial charge in [0.1, 0.15) is 11.8 Å². The second-order valence-electron chi connectivity index (χ2n) is 8.63. The molecule has 1 aliphatic heterocycles. The number of nitrogens with one attached hydrogen (secondary N) is 2. The minimum atomic E-state index is -0.785. The first-order valence-electron chi connectivity index (χ1n) is 11.5. The van der Waals surface area contributed by atoms with Crippen LogP contribution >= 0.6 is 0 Å². The summed E-state index contributed by atoms with van der Waals surface area (Å²) in [7, 11) is 1.51. The van der Waals surface area contributed by atoms with Gasteiger partial charge >= 0.3 is 0 Å². The van der Waals surface area contributed by atoms with Crippen molar-refractivity contribution in [2.45, 2.75) is 25.3 Å². The van der Waals surface area contributed by atoms with Gasteiger partial charge in [-0.1, -0.05) is 12.1 Å². The third kappa shape index (κ3) is 4.56. The van der Waals surface area contributed by atoms with Gasteiger partial charge < -0.3 is 25.8 Å². The van der Waals surface area contributed by atoms with Crippen LogP contribution in [0.25, 0.3) is 11.1 Å². The number of benzene rings is 1. The molecule has 5 rings (SSSR count). The van der Waals surface area contributed by atoms with Crippen LogP contribution in [0, 0.1) is 17.2 Å². The lowest BCUT2D eigenvalue weighted by Crippen LogP contribution is -2.19. The maximum absolute atomic E-state index is 12.2. The molecule has 2 aliphatic rings. The molecule has 2 aromatic heterocycles. The van der Waals surface area contributed by atoms with Crippen molar-refractivity contribution in [1.29, 1.82) is 5.26 Å². The summed E-state index contributed by atoms with van der Waals surface area (Å²) in [6.45, 7) is 1.19. The van der Waals surface area contributed by atoms with Crippen LogP contribution in [0.5, 0.6) is 5.75 Å². The molecule has 3 heterocycles. The Labute approximate surface area is 206 Å². The Morgan fingerprint density at radius 1 is 1.22 bits per heavy atom. The second-order valence-corrected chi connectivity index (χ2v) is 8.63. The Hall–Kier alpha value is -4.50. The van der Waals surface area contributed by atoms with E-state index in [-0.39, 0.29) is 40.8 Å². The standard InChI is InChI=1S/C24H24N8O4/c1-35-22-15(16-11-32(31-19(16)10-25)14-7-8-36-12-14)3-2-4-17(22)27-18-9-20(28-24(34)13-5-6-13)29-30-21(18)23(26)33/h2-4,9,11,13-14H,5-8,12H2,1H3,(H2,26,33)(H2,27,28,29,34). The molecule has 3 aromatic rings. The number of nitrogens with two attached hydrogens (primary N) is 1. The maximum atomic E-state index is 12.2. The number of hydrogen-bond acceptors (Lipinski definition) is 9. The minimum absolute atomic E-state index is 0.0261. The lowest BCUT2D eigenvalue weighted by molar-refractivity contribution is -0.117. The zero-order valence-corrected chi connectivity index (χ0v) is 19.5. The van der Waals surface area contributed by atoms with Crippen molar-refractivity contribution in [3.8, 4) is 22.9 Å². The van der Waals surface area contributed by atoms with Crippen LogP contribution in [0.15, 0.2) is 30.5 Å². The van der Waals surface area contributed by atoms with Crippen molar-refractivity contribution < 1.29 is 19.1 Å². The number of hydrogen-bond donors (Lipinski definition) is 3.